The highest BCUT2D eigenvalue weighted by Crippen LogP contribution is 2.19. The third-order valence-corrected chi connectivity index (χ3v) is 2.56. The van der Waals surface area contributed by atoms with Gasteiger partial charge in [-0.1, -0.05) is 17.8 Å². The van der Waals surface area contributed by atoms with Crippen LogP contribution in [0.4, 0.5) is 10.1 Å². The van der Waals surface area contributed by atoms with Crippen molar-refractivity contribution in [2.24, 2.45) is 0 Å². The molecule has 5 heteroatoms. The van der Waals surface area contributed by atoms with E-state index in [1.165, 1.54) is 23.1 Å². The third-order valence-electron chi connectivity index (χ3n) is 2.56. The summed E-state index contributed by atoms with van der Waals surface area (Å²) in [6.07, 6.45) is 1.18. The van der Waals surface area contributed by atoms with Crippen LogP contribution in [0.5, 0.6) is 0 Å². The largest absolute Gasteiger partial charge is 0.361 e. The molecule has 98 valence electrons. The van der Waals surface area contributed by atoms with Gasteiger partial charge in [-0.05, 0) is 31.2 Å². The quantitative estimate of drug-likeness (QED) is 0.794. The smallest absolute Gasteiger partial charge is 0.250 e. The van der Waals surface area contributed by atoms with Crippen LogP contribution < -0.4 is 4.90 Å². The summed E-state index contributed by atoms with van der Waals surface area (Å²) in [6, 6.07) is 7.52. The zero-order valence-corrected chi connectivity index (χ0v) is 10.5. The molecule has 4 nitrogen and oxygen atoms in total. The number of carbonyl (C=O) groups excluding carboxylic acids is 1. The predicted molar refractivity (Wildman–Crippen MR) is 69.0 cm³/mol. The Bertz CT molecular complexity index is 607. The maximum absolute atomic E-state index is 13.2. The van der Waals surface area contributed by atoms with Crippen LogP contribution in [0.25, 0.3) is 0 Å². The second-order valence-electron chi connectivity index (χ2n) is 4.04. The van der Waals surface area contributed by atoms with Gasteiger partial charge in [-0.15, -0.1) is 0 Å². The maximum Gasteiger partial charge on any atom is 0.250 e. The minimum Gasteiger partial charge on any atom is -0.361 e. The summed E-state index contributed by atoms with van der Waals surface area (Å²) in [7, 11) is 0. The third kappa shape index (κ3) is 3.07. The first kappa shape index (κ1) is 13.0. The van der Waals surface area contributed by atoms with Crippen LogP contribution in [0.1, 0.15) is 11.5 Å². The zero-order chi connectivity index (χ0) is 13.8. The first-order valence-electron chi connectivity index (χ1n) is 5.72. The summed E-state index contributed by atoms with van der Waals surface area (Å²) in [5, 5.41) is 3.82. The molecule has 0 spiro atoms. The topological polar surface area (TPSA) is 46.3 Å². The van der Waals surface area contributed by atoms with Gasteiger partial charge in [-0.2, -0.15) is 0 Å². The molecule has 0 saturated heterocycles. The molecular formula is C14H13FN2O2. The van der Waals surface area contributed by atoms with E-state index in [4.69, 9.17) is 4.52 Å². The van der Waals surface area contributed by atoms with Gasteiger partial charge in [-0.25, -0.2) is 4.39 Å². The Hall–Kier alpha value is -2.43. The number of carbonyl (C=O) groups is 1. The number of benzene rings is 1. The number of amides is 1. The number of aromatic nitrogens is 1. The van der Waals surface area contributed by atoms with E-state index in [1.54, 1.807) is 25.1 Å². The lowest BCUT2D eigenvalue weighted by Gasteiger charge is -2.20. The van der Waals surface area contributed by atoms with Crippen molar-refractivity contribution in [2.45, 2.75) is 13.5 Å². The van der Waals surface area contributed by atoms with Crippen molar-refractivity contribution < 1.29 is 13.7 Å². The van der Waals surface area contributed by atoms with Crippen LogP contribution in [0.2, 0.25) is 0 Å². The fraction of sp³-hybridized carbons (Fsp3) is 0.143. The van der Waals surface area contributed by atoms with Gasteiger partial charge in [-0.3, -0.25) is 4.79 Å². The van der Waals surface area contributed by atoms with E-state index < -0.39 is 5.82 Å². The molecule has 0 unspecified atom stereocenters. The van der Waals surface area contributed by atoms with Crippen LogP contribution in [0.3, 0.4) is 0 Å². The van der Waals surface area contributed by atoms with Crippen molar-refractivity contribution in [1.82, 2.24) is 5.16 Å². The van der Waals surface area contributed by atoms with Gasteiger partial charge in [0.25, 0.3) is 5.91 Å². The number of aryl methyl sites for hydroxylation is 1. The molecule has 1 amide bonds. The summed E-state index contributed by atoms with van der Waals surface area (Å²) < 4.78 is 18.2. The summed E-state index contributed by atoms with van der Waals surface area (Å²) in [6.45, 7) is 5.41. The average Bonchev–Trinajstić information content (AvgIpc) is 2.80. The molecule has 0 aliphatic rings. The molecule has 1 aromatic carbocycles. The van der Waals surface area contributed by atoms with Crippen molar-refractivity contribution in [2.75, 3.05) is 4.90 Å². The summed E-state index contributed by atoms with van der Waals surface area (Å²) in [4.78, 5) is 13.2. The lowest BCUT2D eigenvalue weighted by atomic mass is 10.2. The number of hydrogen-bond donors (Lipinski definition) is 0. The van der Waals surface area contributed by atoms with Gasteiger partial charge in [0.1, 0.15) is 17.3 Å². The molecule has 0 aliphatic heterocycles. The Morgan fingerprint density at radius 1 is 1.53 bits per heavy atom. The average molecular weight is 260 g/mol. The van der Waals surface area contributed by atoms with E-state index >= 15 is 0 Å². The Kier molecular flexibility index (Phi) is 3.75. The zero-order valence-electron chi connectivity index (χ0n) is 10.5. The first-order chi connectivity index (χ1) is 9.10. The molecule has 0 N–H and O–H groups in total. The van der Waals surface area contributed by atoms with Crippen LogP contribution in [0, 0.1) is 12.7 Å². The van der Waals surface area contributed by atoms with Gasteiger partial charge in [0.05, 0.1) is 6.54 Å². The SMILES string of the molecule is C=CC(=O)N(Cc1cc(C)on1)c1cccc(F)c1. The van der Waals surface area contributed by atoms with Gasteiger partial charge in [0.15, 0.2) is 0 Å². The van der Waals surface area contributed by atoms with E-state index in [9.17, 15) is 9.18 Å². The molecular weight excluding hydrogens is 247 g/mol. The molecule has 0 aliphatic carbocycles. The van der Waals surface area contributed by atoms with Gasteiger partial charge < -0.3 is 9.42 Å². The molecule has 0 bridgehead atoms. The highest BCUT2D eigenvalue weighted by molar-refractivity contribution is 6.00. The highest BCUT2D eigenvalue weighted by Gasteiger charge is 2.16. The fourth-order valence-electron chi connectivity index (χ4n) is 1.71. The Morgan fingerprint density at radius 3 is 2.89 bits per heavy atom. The van der Waals surface area contributed by atoms with Crippen LogP contribution >= 0.6 is 0 Å². The first-order valence-corrected chi connectivity index (χ1v) is 5.72. The Balaban J connectivity index is 2.31. The summed E-state index contributed by atoms with van der Waals surface area (Å²) in [5.41, 5.74) is 1.04. The van der Waals surface area contributed by atoms with Crippen molar-refractivity contribution in [1.29, 1.82) is 0 Å². The Labute approximate surface area is 110 Å². The van der Waals surface area contributed by atoms with Crippen molar-refractivity contribution in [3.8, 4) is 0 Å². The molecule has 2 aromatic rings. The summed E-state index contributed by atoms with van der Waals surface area (Å²) >= 11 is 0. The van der Waals surface area contributed by atoms with Gasteiger partial charge >= 0.3 is 0 Å². The summed E-state index contributed by atoms with van der Waals surface area (Å²) in [5.74, 6) is -0.0813. The van der Waals surface area contributed by atoms with E-state index in [1.807, 2.05) is 0 Å². The molecule has 1 heterocycles. The monoisotopic (exact) mass is 260 g/mol. The van der Waals surface area contributed by atoms with Gasteiger partial charge in [0, 0.05) is 11.8 Å². The molecule has 0 saturated carbocycles. The lowest BCUT2D eigenvalue weighted by molar-refractivity contribution is -0.114. The van der Waals surface area contributed by atoms with Crippen LogP contribution in [-0.4, -0.2) is 11.1 Å². The predicted octanol–water partition coefficient (Wildman–Crippen LogP) is 2.84. The number of halogens is 1. The van der Waals surface area contributed by atoms with E-state index in [-0.39, 0.29) is 12.5 Å². The Morgan fingerprint density at radius 2 is 2.32 bits per heavy atom. The number of anilines is 1. The molecule has 1 aromatic heterocycles. The second kappa shape index (κ2) is 5.48. The van der Waals surface area contributed by atoms with Crippen molar-refractivity contribution >= 4 is 11.6 Å². The van der Waals surface area contributed by atoms with Crippen LogP contribution in [-0.2, 0) is 11.3 Å². The van der Waals surface area contributed by atoms with Crippen molar-refractivity contribution in [3.63, 3.8) is 0 Å². The van der Waals surface area contributed by atoms with Crippen LogP contribution in [0.15, 0.2) is 47.5 Å². The second-order valence-corrected chi connectivity index (χ2v) is 4.04. The fourth-order valence-corrected chi connectivity index (χ4v) is 1.71. The minimum atomic E-state index is -0.407. The maximum atomic E-state index is 13.2. The van der Waals surface area contributed by atoms with Gasteiger partial charge in [0.2, 0.25) is 0 Å². The molecule has 0 fully saturated rings. The van der Waals surface area contributed by atoms with E-state index in [0.717, 1.165) is 0 Å². The number of nitrogens with zero attached hydrogens (tertiary/aromatic N) is 2. The normalized spacial score (nSPS) is 10.2. The molecule has 0 radical (unpaired) electrons. The van der Waals surface area contributed by atoms with E-state index in [2.05, 4.69) is 11.7 Å². The van der Waals surface area contributed by atoms with E-state index in [0.29, 0.717) is 17.1 Å². The standard InChI is InChI=1S/C14H13FN2O2/c1-3-14(18)17(9-12-7-10(2)19-16-12)13-6-4-5-11(15)8-13/h3-8H,1,9H2,2H3. The molecule has 19 heavy (non-hydrogen) atoms. The lowest BCUT2D eigenvalue weighted by Crippen LogP contribution is -2.28. The number of hydrogen-bond acceptors (Lipinski definition) is 3. The number of rotatable bonds is 4. The molecule has 2 rings (SSSR count). The highest BCUT2D eigenvalue weighted by atomic mass is 19.1. The van der Waals surface area contributed by atoms with Crippen molar-refractivity contribution in [3.05, 3.63) is 60.3 Å². The minimum absolute atomic E-state index is 0.200. The molecule has 0 atom stereocenters.